The first-order chi connectivity index (χ1) is 14.6. The normalized spacial score (nSPS) is 21.1. The Kier molecular flexibility index (Phi) is 4.59. The second-order valence-electron chi connectivity index (χ2n) is 8.24. The van der Waals surface area contributed by atoms with E-state index in [1.807, 2.05) is 43.3 Å². The number of carbonyl (C=O) groups is 2. The van der Waals surface area contributed by atoms with Gasteiger partial charge in [-0.25, -0.2) is 0 Å². The van der Waals surface area contributed by atoms with Crippen molar-refractivity contribution in [2.45, 2.75) is 31.8 Å². The monoisotopic (exact) mass is 403 g/mol. The lowest BCUT2D eigenvalue weighted by Gasteiger charge is -2.47. The lowest BCUT2D eigenvalue weighted by atomic mass is 9.86. The van der Waals surface area contributed by atoms with E-state index >= 15 is 0 Å². The molecule has 1 aromatic heterocycles. The van der Waals surface area contributed by atoms with Crippen molar-refractivity contribution < 1.29 is 14.7 Å². The largest absolute Gasteiger partial charge is 0.396 e. The Bertz CT molecular complexity index is 1140. The summed E-state index contributed by atoms with van der Waals surface area (Å²) in [5, 5.41) is 10.3. The van der Waals surface area contributed by atoms with Gasteiger partial charge in [0.25, 0.3) is 0 Å². The van der Waals surface area contributed by atoms with Crippen LogP contribution in [0.5, 0.6) is 0 Å². The summed E-state index contributed by atoms with van der Waals surface area (Å²) >= 11 is 0. The molecular formula is C24H25N3O3. The van der Waals surface area contributed by atoms with Crippen molar-refractivity contribution in [3.05, 3.63) is 70.9 Å². The maximum atomic E-state index is 13.4. The molecule has 1 saturated heterocycles. The zero-order chi connectivity index (χ0) is 20.8. The number of nitrogens with zero attached hydrogens (tertiary/aromatic N) is 2. The van der Waals surface area contributed by atoms with Gasteiger partial charge in [-0.2, -0.15) is 0 Å². The van der Waals surface area contributed by atoms with E-state index in [0.29, 0.717) is 19.4 Å². The average Bonchev–Trinajstić information content (AvgIpc) is 3.12. The van der Waals surface area contributed by atoms with E-state index in [0.717, 1.165) is 33.3 Å². The first kappa shape index (κ1) is 18.9. The number of hydrogen-bond donors (Lipinski definition) is 2. The molecule has 2 atom stereocenters. The predicted molar refractivity (Wildman–Crippen MR) is 114 cm³/mol. The minimum atomic E-state index is -0.526. The Morgan fingerprint density at radius 2 is 1.97 bits per heavy atom. The van der Waals surface area contributed by atoms with Gasteiger partial charge in [-0.15, -0.1) is 0 Å². The van der Waals surface area contributed by atoms with Crippen molar-refractivity contribution in [1.29, 1.82) is 0 Å². The molecule has 5 rings (SSSR count). The number of aryl methyl sites for hydroxylation is 1. The van der Waals surface area contributed by atoms with E-state index in [1.165, 1.54) is 0 Å². The lowest BCUT2D eigenvalue weighted by Crippen LogP contribution is -2.63. The summed E-state index contributed by atoms with van der Waals surface area (Å²) in [5.41, 5.74) is 5.27. The minimum Gasteiger partial charge on any atom is -0.396 e. The van der Waals surface area contributed by atoms with Crippen molar-refractivity contribution in [2.75, 3.05) is 19.7 Å². The number of fused-ring (bicyclic) bond motifs is 4. The van der Waals surface area contributed by atoms with E-state index in [4.69, 9.17) is 0 Å². The van der Waals surface area contributed by atoms with Crippen LogP contribution in [-0.2, 0) is 16.0 Å². The van der Waals surface area contributed by atoms with Crippen LogP contribution in [0.15, 0.2) is 48.5 Å². The number of H-pyrrole nitrogens is 1. The highest BCUT2D eigenvalue weighted by Gasteiger charge is 2.48. The molecule has 1 fully saturated rings. The second-order valence-corrected chi connectivity index (χ2v) is 8.24. The summed E-state index contributed by atoms with van der Waals surface area (Å²) < 4.78 is 0. The highest BCUT2D eigenvalue weighted by molar-refractivity contribution is 5.97. The van der Waals surface area contributed by atoms with Crippen LogP contribution in [-0.4, -0.2) is 57.4 Å². The molecule has 0 saturated carbocycles. The molecule has 0 bridgehead atoms. The van der Waals surface area contributed by atoms with Gasteiger partial charge in [0.1, 0.15) is 6.04 Å². The van der Waals surface area contributed by atoms with Gasteiger partial charge in [-0.3, -0.25) is 9.59 Å². The highest BCUT2D eigenvalue weighted by Crippen LogP contribution is 2.42. The molecule has 3 heterocycles. The number of piperazine rings is 1. The summed E-state index contributed by atoms with van der Waals surface area (Å²) in [6.45, 7) is 2.51. The van der Waals surface area contributed by atoms with Crippen LogP contribution in [0.3, 0.4) is 0 Å². The van der Waals surface area contributed by atoms with Crippen LogP contribution in [0.1, 0.15) is 34.8 Å². The molecule has 2 aromatic carbocycles. The summed E-state index contributed by atoms with van der Waals surface area (Å²) in [4.78, 5) is 33.6. The van der Waals surface area contributed by atoms with Gasteiger partial charge < -0.3 is 19.9 Å². The zero-order valence-electron chi connectivity index (χ0n) is 17.0. The zero-order valence-corrected chi connectivity index (χ0v) is 17.0. The van der Waals surface area contributed by atoms with Crippen LogP contribution < -0.4 is 0 Å². The number of aromatic nitrogens is 1. The van der Waals surface area contributed by atoms with E-state index in [2.05, 4.69) is 17.1 Å². The smallest absolute Gasteiger partial charge is 0.246 e. The third kappa shape index (κ3) is 2.91. The van der Waals surface area contributed by atoms with Crippen LogP contribution in [0.2, 0.25) is 0 Å². The number of aliphatic hydroxyl groups is 1. The Morgan fingerprint density at radius 3 is 2.77 bits per heavy atom. The van der Waals surface area contributed by atoms with Crippen LogP contribution in [0.4, 0.5) is 0 Å². The summed E-state index contributed by atoms with van der Waals surface area (Å²) in [7, 11) is 0. The van der Waals surface area contributed by atoms with Crippen molar-refractivity contribution >= 4 is 22.7 Å². The molecule has 2 aliphatic rings. The molecule has 30 heavy (non-hydrogen) atoms. The fraction of sp³-hybridized carbons (Fsp3) is 0.333. The topological polar surface area (TPSA) is 76.6 Å². The maximum absolute atomic E-state index is 13.4. The molecule has 0 aliphatic carbocycles. The van der Waals surface area contributed by atoms with Gasteiger partial charge in [-0.1, -0.05) is 48.0 Å². The fourth-order valence-electron chi connectivity index (χ4n) is 4.96. The Hall–Kier alpha value is -3.12. The standard InChI is InChI=1S/C24H25N3O3/c1-15-6-4-7-16(12-15)23-22-18(17-8-2-3-9-19(17)25-22)13-20-24(30)26(10-5-11-28)14-21(29)27(20)23/h2-4,6-9,12,20,23,25,28H,5,10-11,13-14H2,1H3. The Labute approximate surface area is 175 Å². The molecule has 2 aliphatic heterocycles. The molecule has 2 N–H and O–H groups in total. The molecule has 0 spiro atoms. The summed E-state index contributed by atoms with van der Waals surface area (Å²) in [5.74, 6) is -0.0787. The van der Waals surface area contributed by atoms with E-state index < -0.39 is 6.04 Å². The predicted octanol–water partition coefficient (Wildman–Crippen LogP) is 2.54. The molecule has 6 nitrogen and oxygen atoms in total. The van der Waals surface area contributed by atoms with E-state index in [-0.39, 0.29) is 31.0 Å². The first-order valence-electron chi connectivity index (χ1n) is 10.5. The summed E-state index contributed by atoms with van der Waals surface area (Å²) in [6, 6.07) is 15.4. The number of hydrogen-bond acceptors (Lipinski definition) is 3. The van der Waals surface area contributed by atoms with Crippen molar-refractivity contribution in [3.8, 4) is 0 Å². The molecule has 6 heteroatoms. The van der Waals surface area contributed by atoms with E-state index in [9.17, 15) is 14.7 Å². The first-order valence-corrected chi connectivity index (χ1v) is 10.5. The SMILES string of the molecule is Cc1cccc(C2c3[nH]c4ccccc4c3CC3C(=O)N(CCCO)CC(=O)N32)c1. The number of rotatable bonds is 4. The number of aromatic amines is 1. The minimum absolute atomic E-state index is 0.00483. The molecule has 2 amide bonds. The third-order valence-corrected chi connectivity index (χ3v) is 6.29. The van der Waals surface area contributed by atoms with Crippen LogP contribution in [0.25, 0.3) is 10.9 Å². The average molecular weight is 403 g/mol. The lowest BCUT2D eigenvalue weighted by molar-refractivity contribution is -0.158. The van der Waals surface area contributed by atoms with Gasteiger partial charge in [0.05, 0.1) is 12.6 Å². The quantitative estimate of drug-likeness (QED) is 0.703. The van der Waals surface area contributed by atoms with Crippen molar-refractivity contribution in [2.24, 2.45) is 0 Å². The summed E-state index contributed by atoms with van der Waals surface area (Å²) in [6.07, 6.45) is 0.979. The van der Waals surface area contributed by atoms with Gasteiger partial charge in [0.15, 0.2) is 0 Å². The number of nitrogens with one attached hydrogen (secondary N) is 1. The molecule has 0 radical (unpaired) electrons. The molecule has 2 unspecified atom stereocenters. The van der Waals surface area contributed by atoms with Gasteiger partial charge in [-0.05, 0) is 30.5 Å². The molecular weight excluding hydrogens is 378 g/mol. The number of aliphatic hydroxyl groups excluding tert-OH is 1. The second kappa shape index (κ2) is 7.29. The Balaban J connectivity index is 1.67. The number of amides is 2. The van der Waals surface area contributed by atoms with Crippen molar-refractivity contribution in [1.82, 2.24) is 14.8 Å². The maximum Gasteiger partial charge on any atom is 0.246 e. The van der Waals surface area contributed by atoms with E-state index in [1.54, 1.807) is 9.80 Å². The highest BCUT2D eigenvalue weighted by atomic mass is 16.3. The molecule has 154 valence electrons. The number of carbonyl (C=O) groups excluding carboxylic acids is 2. The van der Waals surface area contributed by atoms with Crippen LogP contribution >= 0.6 is 0 Å². The number of benzene rings is 2. The fourth-order valence-corrected chi connectivity index (χ4v) is 4.96. The van der Waals surface area contributed by atoms with Gasteiger partial charge in [0, 0.05) is 36.2 Å². The van der Waals surface area contributed by atoms with Gasteiger partial charge in [0.2, 0.25) is 11.8 Å². The number of para-hydroxylation sites is 1. The molecule has 3 aromatic rings. The van der Waals surface area contributed by atoms with Crippen molar-refractivity contribution in [3.63, 3.8) is 0 Å². The Morgan fingerprint density at radius 1 is 1.13 bits per heavy atom. The van der Waals surface area contributed by atoms with Gasteiger partial charge >= 0.3 is 0 Å². The van der Waals surface area contributed by atoms with Crippen LogP contribution in [0, 0.1) is 6.92 Å². The third-order valence-electron chi connectivity index (χ3n) is 6.29.